The van der Waals surface area contributed by atoms with E-state index in [9.17, 15) is 0 Å². The number of fused-ring (bicyclic) bond motifs is 1. The van der Waals surface area contributed by atoms with E-state index < -0.39 is 0 Å². The third-order valence-electron chi connectivity index (χ3n) is 1.97. The number of aromatic amines is 1. The summed E-state index contributed by atoms with van der Waals surface area (Å²) < 4.78 is 5.53. The summed E-state index contributed by atoms with van der Waals surface area (Å²) in [5.41, 5.74) is 1.99. The fourth-order valence-electron chi connectivity index (χ4n) is 1.28. The van der Waals surface area contributed by atoms with Crippen LogP contribution in [0.25, 0.3) is 11.1 Å². The number of rotatable bonds is 2. The minimum absolute atomic E-state index is 0.927. The number of aryl methyl sites for hydroxylation is 1. The van der Waals surface area contributed by atoms with Crippen LogP contribution in [0.1, 0.15) is 12.7 Å². The molecule has 0 aromatic carbocycles. The van der Waals surface area contributed by atoms with Crippen molar-refractivity contribution in [2.75, 3.05) is 12.4 Å². The number of nitrogens with one attached hydrogen (secondary N) is 2. The van der Waals surface area contributed by atoms with Crippen molar-refractivity contribution in [1.82, 2.24) is 4.98 Å². The van der Waals surface area contributed by atoms with Crippen LogP contribution in [0.2, 0.25) is 0 Å². The molecule has 0 unspecified atom stereocenters. The van der Waals surface area contributed by atoms with Gasteiger partial charge in [0.25, 0.3) is 0 Å². The van der Waals surface area contributed by atoms with E-state index in [1.165, 1.54) is 0 Å². The third-order valence-corrected chi connectivity index (χ3v) is 1.97. The van der Waals surface area contributed by atoms with Crippen molar-refractivity contribution >= 4 is 16.9 Å². The minimum atomic E-state index is 0.927. The molecule has 0 atom stereocenters. The zero-order valence-electron chi connectivity index (χ0n) is 7.27. The average molecular weight is 164 g/mol. The van der Waals surface area contributed by atoms with Gasteiger partial charge in [-0.1, -0.05) is 6.92 Å². The molecule has 2 heterocycles. The molecule has 12 heavy (non-hydrogen) atoms. The Balaban J connectivity index is 2.52. The zero-order valence-corrected chi connectivity index (χ0v) is 7.27. The van der Waals surface area contributed by atoms with Crippen LogP contribution in [0, 0.1) is 0 Å². The summed E-state index contributed by atoms with van der Waals surface area (Å²) >= 11 is 0. The van der Waals surface area contributed by atoms with Crippen molar-refractivity contribution in [3.05, 3.63) is 17.9 Å². The van der Waals surface area contributed by atoms with Gasteiger partial charge >= 0.3 is 0 Å². The Bertz CT molecular complexity index is 321. The molecule has 2 aromatic heterocycles. The maximum Gasteiger partial charge on any atom is 0.154 e. The average Bonchev–Trinajstić information content (AvgIpc) is 2.59. The van der Waals surface area contributed by atoms with Crippen molar-refractivity contribution in [2.45, 2.75) is 13.3 Å². The quantitative estimate of drug-likeness (QED) is 0.715. The first-order valence-corrected chi connectivity index (χ1v) is 4.12. The molecule has 0 spiro atoms. The van der Waals surface area contributed by atoms with Gasteiger partial charge in [0.2, 0.25) is 0 Å². The second-order valence-corrected chi connectivity index (χ2v) is 2.78. The second-order valence-electron chi connectivity index (χ2n) is 2.78. The lowest BCUT2D eigenvalue weighted by Gasteiger charge is -1.90. The number of aromatic nitrogens is 1. The summed E-state index contributed by atoms with van der Waals surface area (Å²) in [5.74, 6) is 2.02. The Morgan fingerprint density at radius 2 is 2.33 bits per heavy atom. The lowest BCUT2D eigenvalue weighted by atomic mass is 10.3. The van der Waals surface area contributed by atoms with Gasteiger partial charge in [0.05, 0.1) is 5.52 Å². The molecule has 3 nitrogen and oxygen atoms in total. The highest BCUT2D eigenvalue weighted by atomic mass is 16.3. The van der Waals surface area contributed by atoms with Crippen molar-refractivity contribution < 1.29 is 4.42 Å². The van der Waals surface area contributed by atoms with E-state index in [0.717, 1.165) is 29.1 Å². The van der Waals surface area contributed by atoms with Crippen LogP contribution in [0.15, 0.2) is 16.5 Å². The van der Waals surface area contributed by atoms with Gasteiger partial charge in [-0.3, -0.25) is 0 Å². The van der Waals surface area contributed by atoms with E-state index in [4.69, 9.17) is 4.42 Å². The Morgan fingerprint density at radius 3 is 2.92 bits per heavy atom. The highest BCUT2D eigenvalue weighted by molar-refractivity contribution is 5.79. The van der Waals surface area contributed by atoms with Crippen molar-refractivity contribution in [2.24, 2.45) is 0 Å². The number of furan rings is 1. The molecule has 0 aliphatic heterocycles. The lowest BCUT2D eigenvalue weighted by Crippen LogP contribution is -1.85. The first-order valence-electron chi connectivity index (χ1n) is 4.12. The molecule has 0 amide bonds. The number of hydrogen-bond donors (Lipinski definition) is 2. The van der Waals surface area contributed by atoms with Crippen LogP contribution >= 0.6 is 0 Å². The van der Waals surface area contributed by atoms with Crippen molar-refractivity contribution in [1.29, 1.82) is 0 Å². The second kappa shape index (κ2) is 2.59. The highest BCUT2D eigenvalue weighted by Crippen LogP contribution is 2.22. The first-order chi connectivity index (χ1) is 5.83. The van der Waals surface area contributed by atoms with Gasteiger partial charge in [-0.05, 0) is 0 Å². The molecule has 0 saturated heterocycles. The normalized spacial score (nSPS) is 10.8. The van der Waals surface area contributed by atoms with Gasteiger partial charge in [-0.25, -0.2) is 0 Å². The Labute approximate surface area is 70.8 Å². The van der Waals surface area contributed by atoms with E-state index >= 15 is 0 Å². The van der Waals surface area contributed by atoms with Crippen LogP contribution in [0.5, 0.6) is 0 Å². The molecule has 64 valence electrons. The van der Waals surface area contributed by atoms with Crippen molar-refractivity contribution in [3.63, 3.8) is 0 Å². The topological polar surface area (TPSA) is 41.0 Å². The molecule has 0 aliphatic rings. The van der Waals surface area contributed by atoms with Gasteiger partial charge in [0.1, 0.15) is 11.6 Å². The maximum atomic E-state index is 5.53. The summed E-state index contributed by atoms with van der Waals surface area (Å²) in [6, 6.07) is 4.00. The monoisotopic (exact) mass is 164 g/mol. The van der Waals surface area contributed by atoms with Crippen molar-refractivity contribution in [3.8, 4) is 0 Å². The zero-order chi connectivity index (χ0) is 8.55. The molecule has 0 aliphatic carbocycles. The Morgan fingerprint density at radius 1 is 1.50 bits per heavy atom. The largest absolute Gasteiger partial charge is 0.459 e. The molecular formula is C9H12N2O. The maximum absolute atomic E-state index is 5.53. The van der Waals surface area contributed by atoms with E-state index in [-0.39, 0.29) is 0 Å². The van der Waals surface area contributed by atoms with Gasteiger partial charge in [0, 0.05) is 25.6 Å². The predicted molar refractivity (Wildman–Crippen MR) is 49.5 cm³/mol. The SMILES string of the molecule is CCc1cc2[nH]c(NC)cc2o1. The van der Waals surface area contributed by atoms with Gasteiger partial charge in [-0.15, -0.1) is 0 Å². The number of hydrogen-bond acceptors (Lipinski definition) is 2. The van der Waals surface area contributed by atoms with E-state index in [1.807, 2.05) is 19.2 Å². The minimum Gasteiger partial charge on any atom is -0.459 e. The number of anilines is 1. The molecule has 2 aromatic rings. The Hall–Kier alpha value is -1.38. The van der Waals surface area contributed by atoms with Crippen LogP contribution in [-0.4, -0.2) is 12.0 Å². The molecule has 0 bridgehead atoms. The summed E-state index contributed by atoms with van der Waals surface area (Å²) in [7, 11) is 1.88. The van der Waals surface area contributed by atoms with Gasteiger partial charge < -0.3 is 14.7 Å². The van der Waals surface area contributed by atoms with Gasteiger partial charge in [-0.2, -0.15) is 0 Å². The van der Waals surface area contributed by atoms with Crippen LogP contribution < -0.4 is 5.32 Å². The van der Waals surface area contributed by atoms with Crippen LogP contribution in [0.4, 0.5) is 5.82 Å². The third kappa shape index (κ3) is 0.978. The molecular weight excluding hydrogens is 152 g/mol. The molecule has 0 saturated carbocycles. The smallest absolute Gasteiger partial charge is 0.154 e. The van der Waals surface area contributed by atoms with Gasteiger partial charge in [0.15, 0.2) is 5.58 Å². The summed E-state index contributed by atoms with van der Waals surface area (Å²) in [4.78, 5) is 3.20. The Kier molecular flexibility index (Phi) is 1.57. The summed E-state index contributed by atoms with van der Waals surface area (Å²) in [6.45, 7) is 2.08. The van der Waals surface area contributed by atoms with E-state index in [1.54, 1.807) is 0 Å². The molecule has 2 rings (SSSR count). The first kappa shape index (κ1) is 7.28. The van der Waals surface area contributed by atoms with E-state index in [0.29, 0.717) is 0 Å². The summed E-state index contributed by atoms with van der Waals surface area (Å²) in [6.07, 6.45) is 0.942. The molecule has 3 heteroatoms. The molecule has 2 N–H and O–H groups in total. The van der Waals surface area contributed by atoms with E-state index in [2.05, 4.69) is 17.2 Å². The fourth-order valence-corrected chi connectivity index (χ4v) is 1.28. The highest BCUT2D eigenvalue weighted by Gasteiger charge is 2.04. The fraction of sp³-hybridized carbons (Fsp3) is 0.333. The van der Waals surface area contributed by atoms with Crippen LogP contribution in [-0.2, 0) is 6.42 Å². The standard InChI is InChI=1S/C9H12N2O/c1-3-6-4-7-8(12-6)5-9(10-2)11-7/h4-5,10-11H,3H2,1-2H3. The van der Waals surface area contributed by atoms with Crippen LogP contribution in [0.3, 0.4) is 0 Å². The molecule has 0 fully saturated rings. The lowest BCUT2D eigenvalue weighted by molar-refractivity contribution is 0.557. The number of H-pyrrole nitrogens is 1. The predicted octanol–water partition coefficient (Wildman–Crippen LogP) is 2.37. The molecule has 0 radical (unpaired) electrons. The summed E-state index contributed by atoms with van der Waals surface area (Å²) in [5, 5.41) is 3.02.